The molecule has 0 aromatic heterocycles. The standard InChI is InChI=1S/C10H9BrN2O4/c11-7-1-2-8(13(16)17)9(3-7)12-4-6(5-12)10(14)15/h1-3,6H,4-5H2,(H,14,15). The summed E-state index contributed by atoms with van der Waals surface area (Å²) in [5, 5.41) is 19.6. The predicted octanol–water partition coefficient (Wildman–Crippen LogP) is 1.88. The van der Waals surface area contributed by atoms with Gasteiger partial charge in [0.05, 0.1) is 10.8 Å². The summed E-state index contributed by atoms with van der Waals surface area (Å²) in [6.07, 6.45) is 0. The second-order valence-electron chi connectivity index (χ2n) is 3.83. The minimum atomic E-state index is -0.862. The van der Waals surface area contributed by atoms with Gasteiger partial charge in [-0.15, -0.1) is 0 Å². The van der Waals surface area contributed by atoms with Crippen LogP contribution in [-0.4, -0.2) is 29.1 Å². The summed E-state index contributed by atoms with van der Waals surface area (Å²) in [5.74, 6) is -1.30. The molecule has 0 radical (unpaired) electrons. The van der Waals surface area contributed by atoms with Gasteiger partial charge in [-0.05, 0) is 12.1 Å². The topological polar surface area (TPSA) is 83.7 Å². The third-order valence-electron chi connectivity index (χ3n) is 2.71. The van der Waals surface area contributed by atoms with Crippen LogP contribution in [0.3, 0.4) is 0 Å². The Bertz CT molecular complexity index is 485. The molecule has 0 atom stereocenters. The molecule has 1 aliphatic heterocycles. The number of hydrogen-bond donors (Lipinski definition) is 1. The molecule has 1 saturated heterocycles. The molecule has 0 amide bonds. The number of benzene rings is 1. The Morgan fingerprint density at radius 2 is 2.18 bits per heavy atom. The van der Waals surface area contributed by atoms with Gasteiger partial charge in [0.2, 0.25) is 0 Å². The molecule has 90 valence electrons. The quantitative estimate of drug-likeness (QED) is 0.680. The number of halogens is 1. The molecule has 1 aromatic rings. The Balaban J connectivity index is 2.24. The molecule has 2 rings (SSSR count). The number of nitro groups is 1. The number of carboxylic acid groups (broad SMARTS) is 1. The summed E-state index contributed by atoms with van der Waals surface area (Å²) in [6, 6.07) is 4.64. The van der Waals surface area contributed by atoms with E-state index < -0.39 is 16.8 Å². The van der Waals surface area contributed by atoms with Crippen molar-refractivity contribution < 1.29 is 14.8 Å². The third-order valence-corrected chi connectivity index (χ3v) is 3.20. The van der Waals surface area contributed by atoms with Gasteiger partial charge in [0.15, 0.2) is 0 Å². The first-order chi connectivity index (χ1) is 7.99. The number of nitro benzene ring substituents is 1. The lowest BCUT2D eigenvalue weighted by Crippen LogP contribution is -2.50. The van der Waals surface area contributed by atoms with Gasteiger partial charge in [-0.25, -0.2) is 0 Å². The fourth-order valence-electron chi connectivity index (χ4n) is 1.74. The highest BCUT2D eigenvalue weighted by Crippen LogP contribution is 2.35. The molecule has 0 saturated carbocycles. The van der Waals surface area contributed by atoms with Gasteiger partial charge in [0, 0.05) is 23.6 Å². The third kappa shape index (κ3) is 2.23. The second-order valence-corrected chi connectivity index (χ2v) is 4.75. The van der Waals surface area contributed by atoms with E-state index in [4.69, 9.17) is 5.11 Å². The van der Waals surface area contributed by atoms with Crippen molar-refractivity contribution in [3.63, 3.8) is 0 Å². The summed E-state index contributed by atoms with van der Waals surface area (Å²) >= 11 is 3.25. The molecule has 0 spiro atoms. The van der Waals surface area contributed by atoms with Gasteiger partial charge in [-0.1, -0.05) is 15.9 Å². The van der Waals surface area contributed by atoms with Crippen molar-refractivity contribution in [2.45, 2.75) is 0 Å². The van der Waals surface area contributed by atoms with Crippen LogP contribution in [0.1, 0.15) is 0 Å². The first-order valence-electron chi connectivity index (χ1n) is 4.90. The molecule has 1 fully saturated rings. The summed E-state index contributed by atoms with van der Waals surface area (Å²) in [6.45, 7) is 0.624. The van der Waals surface area contributed by atoms with E-state index in [0.717, 1.165) is 4.47 Å². The van der Waals surface area contributed by atoms with Crippen LogP contribution in [0.25, 0.3) is 0 Å². The Morgan fingerprint density at radius 1 is 1.53 bits per heavy atom. The maximum Gasteiger partial charge on any atom is 0.310 e. The van der Waals surface area contributed by atoms with Crippen molar-refractivity contribution in [3.8, 4) is 0 Å². The van der Waals surface area contributed by atoms with E-state index in [9.17, 15) is 14.9 Å². The molecule has 6 nitrogen and oxygen atoms in total. The normalized spacial score (nSPS) is 15.5. The summed E-state index contributed by atoms with van der Waals surface area (Å²) < 4.78 is 0.733. The minimum Gasteiger partial charge on any atom is -0.481 e. The summed E-state index contributed by atoms with van der Waals surface area (Å²) in [7, 11) is 0. The lowest BCUT2D eigenvalue weighted by molar-refractivity contribution is -0.384. The first-order valence-corrected chi connectivity index (χ1v) is 5.70. The van der Waals surface area contributed by atoms with Gasteiger partial charge in [-0.2, -0.15) is 0 Å². The Morgan fingerprint density at radius 3 is 2.71 bits per heavy atom. The Hall–Kier alpha value is -1.63. The number of aliphatic carboxylic acids is 1. The lowest BCUT2D eigenvalue weighted by atomic mass is 9.99. The van der Waals surface area contributed by atoms with E-state index in [2.05, 4.69) is 15.9 Å². The molecule has 1 aromatic carbocycles. The van der Waals surface area contributed by atoms with Crippen molar-refractivity contribution in [1.29, 1.82) is 0 Å². The highest BCUT2D eigenvalue weighted by Gasteiger charge is 2.35. The fourth-order valence-corrected chi connectivity index (χ4v) is 2.08. The van der Waals surface area contributed by atoms with Crippen LogP contribution in [0.5, 0.6) is 0 Å². The van der Waals surface area contributed by atoms with Gasteiger partial charge in [0.1, 0.15) is 5.69 Å². The van der Waals surface area contributed by atoms with E-state index in [0.29, 0.717) is 18.8 Å². The maximum absolute atomic E-state index is 10.8. The smallest absolute Gasteiger partial charge is 0.310 e. The average Bonchev–Trinajstić information content (AvgIpc) is 2.14. The Labute approximate surface area is 105 Å². The predicted molar refractivity (Wildman–Crippen MR) is 64.1 cm³/mol. The molecule has 1 heterocycles. The molecule has 0 aliphatic carbocycles. The molecular formula is C10H9BrN2O4. The monoisotopic (exact) mass is 300 g/mol. The number of hydrogen-bond acceptors (Lipinski definition) is 4. The average molecular weight is 301 g/mol. The molecular weight excluding hydrogens is 292 g/mol. The molecule has 0 unspecified atom stereocenters. The summed E-state index contributed by atoms with van der Waals surface area (Å²) in [5.41, 5.74) is 0.457. The largest absolute Gasteiger partial charge is 0.481 e. The van der Waals surface area contributed by atoms with Crippen LogP contribution < -0.4 is 4.90 Å². The van der Waals surface area contributed by atoms with Gasteiger partial charge < -0.3 is 10.0 Å². The van der Waals surface area contributed by atoms with Crippen LogP contribution in [0.4, 0.5) is 11.4 Å². The fraction of sp³-hybridized carbons (Fsp3) is 0.300. The Kier molecular flexibility index (Phi) is 3.01. The van der Waals surface area contributed by atoms with Crippen LogP contribution in [0.2, 0.25) is 0 Å². The number of anilines is 1. The van der Waals surface area contributed by atoms with Crippen LogP contribution >= 0.6 is 15.9 Å². The van der Waals surface area contributed by atoms with Crippen molar-refractivity contribution in [1.82, 2.24) is 0 Å². The second kappa shape index (κ2) is 4.33. The maximum atomic E-state index is 10.8. The van der Waals surface area contributed by atoms with Crippen LogP contribution in [-0.2, 0) is 4.79 Å². The van der Waals surface area contributed by atoms with Crippen molar-refractivity contribution in [2.24, 2.45) is 5.92 Å². The van der Waals surface area contributed by atoms with E-state index in [-0.39, 0.29) is 5.69 Å². The van der Waals surface area contributed by atoms with Crippen LogP contribution in [0.15, 0.2) is 22.7 Å². The highest BCUT2D eigenvalue weighted by molar-refractivity contribution is 9.10. The van der Waals surface area contributed by atoms with Gasteiger partial charge >= 0.3 is 5.97 Å². The lowest BCUT2D eigenvalue weighted by Gasteiger charge is -2.38. The number of nitrogens with zero attached hydrogens (tertiary/aromatic N) is 2. The molecule has 7 heteroatoms. The molecule has 1 aliphatic rings. The molecule has 0 bridgehead atoms. The first kappa shape index (κ1) is 11.8. The highest BCUT2D eigenvalue weighted by atomic mass is 79.9. The van der Waals surface area contributed by atoms with Crippen molar-refractivity contribution in [3.05, 3.63) is 32.8 Å². The summed E-state index contributed by atoms with van der Waals surface area (Å²) in [4.78, 5) is 22.7. The van der Waals surface area contributed by atoms with E-state index in [1.165, 1.54) is 6.07 Å². The van der Waals surface area contributed by atoms with Crippen molar-refractivity contribution >= 4 is 33.3 Å². The minimum absolute atomic E-state index is 0.00274. The molecule has 1 N–H and O–H groups in total. The van der Waals surface area contributed by atoms with E-state index in [1.54, 1.807) is 17.0 Å². The van der Waals surface area contributed by atoms with E-state index in [1.807, 2.05) is 0 Å². The van der Waals surface area contributed by atoms with Gasteiger partial charge in [-0.3, -0.25) is 14.9 Å². The zero-order chi connectivity index (χ0) is 12.6. The number of carboxylic acids is 1. The number of rotatable bonds is 3. The number of carbonyl (C=O) groups is 1. The molecule has 17 heavy (non-hydrogen) atoms. The zero-order valence-corrected chi connectivity index (χ0v) is 10.3. The van der Waals surface area contributed by atoms with Gasteiger partial charge in [0.25, 0.3) is 5.69 Å². The zero-order valence-electron chi connectivity index (χ0n) is 8.67. The van der Waals surface area contributed by atoms with Crippen LogP contribution in [0, 0.1) is 16.0 Å². The SMILES string of the molecule is O=C(O)C1CN(c2cc(Br)ccc2[N+](=O)[O-])C1. The van der Waals surface area contributed by atoms with E-state index >= 15 is 0 Å². The van der Waals surface area contributed by atoms with Crippen molar-refractivity contribution in [2.75, 3.05) is 18.0 Å².